The van der Waals surface area contributed by atoms with Crippen molar-refractivity contribution < 1.29 is 14.4 Å². The minimum absolute atomic E-state index is 0.106. The van der Waals surface area contributed by atoms with Crippen molar-refractivity contribution in [2.45, 2.75) is 13.2 Å². The fourth-order valence-corrected chi connectivity index (χ4v) is 2.17. The van der Waals surface area contributed by atoms with Crippen molar-refractivity contribution in [3.8, 4) is 0 Å². The van der Waals surface area contributed by atoms with Gasteiger partial charge in [0.05, 0.1) is 11.5 Å². The van der Waals surface area contributed by atoms with Crippen molar-refractivity contribution in [3.05, 3.63) is 67.9 Å². The Kier molecular flexibility index (Phi) is 4.87. The third-order valence-corrected chi connectivity index (χ3v) is 3.42. The van der Waals surface area contributed by atoms with E-state index < -0.39 is 10.7 Å². The molecule has 2 N–H and O–H groups in total. The van der Waals surface area contributed by atoms with Crippen LogP contribution in [0.15, 0.2) is 40.9 Å². The van der Waals surface area contributed by atoms with Gasteiger partial charge in [-0.05, 0) is 29.8 Å². The number of rotatable bonds is 5. The van der Waals surface area contributed by atoms with E-state index in [0.717, 1.165) is 0 Å². The van der Waals surface area contributed by atoms with Crippen molar-refractivity contribution in [1.82, 2.24) is 0 Å². The number of aliphatic hydroxyl groups is 1. The molecule has 0 aromatic heterocycles. The molecule has 0 aliphatic carbocycles. The van der Waals surface area contributed by atoms with Crippen molar-refractivity contribution in [1.29, 1.82) is 0 Å². The van der Waals surface area contributed by atoms with E-state index in [0.29, 0.717) is 15.6 Å². The van der Waals surface area contributed by atoms with Crippen LogP contribution in [0.2, 0.25) is 0 Å². The largest absolute Gasteiger partial charge is 0.392 e. The molecule has 0 saturated carbocycles. The van der Waals surface area contributed by atoms with Crippen LogP contribution in [0, 0.1) is 15.9 Å². The number of benzene rings is 2. The number of hydrogen-bond acceptors (Lipinski definition) is 4. The molecule has 0 heterocycles. The maximum Gasteiger partial charge on any atom is 0.292 e. The Morgan fingerprint density at radius 3 is 2.67 bits per heavy atom. The summed E-state index contributed by atoms with van der Waals surface area (Å²) >= 11 is 3.16. The van der Waals surface area contributed by atoms with Gasteiger partial charge < -0.3 is 10.4 Å². The smallest absolute Gasteiger partial charge is 0.292 e. The highest BCUT2D eigenvalue weighted by molar-refractivity contribution is 9.10. The molecule has 0 fully saturated rings. The molecule has 21 heavy (non-hydrogen) atoms. The second-order valence-electron chi connectivity index (χ2n) is 4.36. The Hall–Kier alpha value is -1.99. The van der Waals surface area contributed by atoms with Crippen molar-refractivity contribution in [3.63, 3.8) is 0 Å². The van der Waals surface area contributed by atoms with Gasteiger partial charge in [-0.15, -0.1) is 0 Å². The number of aliphatic hydroxyl groups excluding tert-OH is 1. The van der Waals surface area contributed by atoms with Gasteiger partial charge in [-0.3, -0.25) is 10.1 Å². The van der Waals surface area contributed by atoms with Crippen molar-refractivity contribution in [2.24, 2.45) is 0 Å². The Balaban J connectivity index is 2.24. The number of nitrogens with one attached hydrogen (secondary N) is 1. The summed E-state index contributed by atoms with van der Waals surface area (Å²) < 4.78 is 14.3. The van der Waals surface area contributed by atoms with E-state index in [4.69, 9.17) is 5.11 Å². The normalized spacial score (nSPS) is 10.4. The van der Waals surface area contributed by atoms with Crippen LogP contribution in [0.3, 0.4) is 0 Å². The predicted molar refractivity (Wildman–Crippen MR) is 80.4 cm³/mol. The zero-order valence-electron chi connectivity index (χ0n) is 10.8. The van der Waals surface area contributed by atoms with E-state index in [2.05, 4.69) is 21.2 Å². The zero-order valence-corrected chi connectivity index (χ0v) is 12.4. The third kappa shape index (κ3) is 3.77. The quantitative estimate of drug-likeness (QED) is 0.635. The van der Waals surface area contributed by atoms with Crippen LogP contribution in [0.5, 0.6) is 0 Å². The van der Waals surface area contributed by atoms with Gasteiger partial charge >= 0.3 is 0 Å². The molecule has 0 spiro atoms. The molecule has 0 atom stereocenters. The lowest BCUT2D eigenvalue weighted by atomic mass is 10.1. The summed E-state index contributed by atoms with van der Waals surface area (Å²) in [7, 11) is 0. The minimum Gasteiger partial charge on any atom is -0.392 e. The van der Waals surface area contributed by atoms with Gasteiger partial charge in [0.2, 0.25) is 0 Å². The van der Waals surface area contributed by atoms with E-state index in [9.17, 15) is 14.5 Å². The first kappa shape index (κ1) is 15.4. The number of nitro groups is 1. The summed E-state index contributed by atoms with van der Waals surface area (Å²) in [6.45, 7) is -0.117. The molecular weight excluding hydrogens is 343 g/mol. The van der Waals surface area contributed by atoms with Crippen LogP contribution in [0.25, 0.3) is 0 Å². The molecule has 0 aliphatic rings. The number of anilines is 1. The first-order chi connectivity index (χ1) is 10.0. The van der Waals surface area contributed by atoms with E-state index in [1.54, 1.807) is 12.1 Å². The highest BCUT2D eigenvalue weighted by atomic mass is 79.9. The lowest BCUT2D eigenvalue weighted by molar-refractivity contribution is -0.384. The summed E-state index contributed by atoms with van der Waals surface area (Å²) in [6.07, 6.45) is 0. The van der Waals surface area contributed by atoms with Crippen LogP contribution in [-0.2, 0) is 13.2 Å². The van der Waals surface area contributed by atoms with Gasteiger partial charge in [-0.1, -0.05) is 22.0 Å². The molecule has 2 rings (SSSR count). The van der Waals surface area contributed by atoms with Gasteiger partial charge in [0, 0.05) is 22.6 Å². The molecular formula is C14H12BrFN2O3. The lowest BCUT2D eigenvalue weighted by Gasteiger charge is -2.09. The molecule has 5 nitrogen and oxygen atoms in total. The van der Waals surface area contributed by atoms with Crippen LogP contribution >= 0.6 is 15.9 Å². The van der Waals surface area contributed by atoms with Gasteiger partial charge in [0.15, 0.2) is 0 Å². The second-order valence-corrected chi connectivity index (χ2v) is 5.27. The lowest BCUT2D eigenvalue weighted by Crippen LogP contribution is -2.05. The molecule has 2 aromatic rings. The molecule has 110 valence electrons. The van der Waals surface area contributed by atoms with Gasteiger partial charge in [0.1, 0.15) is 11.5 Å². The maximum absolute atomic E-state index is 13.7. The summed E-state index contributed by atoms with van der Waals surface area (Å²) in [5.41, 5.74) is 1.06. The summed E-state index contributed by atoms with van der Waals surface area (Å²) in [5.74, 6) is -0.405. The van der Waals surface area contributed by atoms with Crippen LogP contribution in [0.4, 0.5) is 15.8 Å². The summed E-state index contributed by atoms with van der Waals surface area (Å²) in [5, 5.41) is 22.9. The van der Waals surface area contributed by atoms with E-state index in [-0.39, 0.29) is 24.5 Å². The summed E-state index contributed by atoms with van der Waals surface area (Å²) in [6, 6.07) is 8.88. The molecule has 0 radical (unpaired) electrons. The average molecular weight is 355 g/mol. The molecule has 0 aliphatic heterocycles. The number of nitrogens with zero attached hydrogens (tertiary/aromatic N) is 1. The fraction of sp³-hybridized carbons (Fsp3) is 0.143. The molecule has 0 unspecified atom stereocenters. The topological polar surface area (TPSA) is 75.4 Å². The first-order valence-corrected chi connectivity index (χ1v) is 6.86. The Labute approximate surface area is 128 Å². The fourth-order valence-electron chi connectivity index (χ4n) is 1.84. The zero-order chi connectivity index (χ0) is 15.4. The Morgan fingerprint density at radius 1 is 1.29 bits per heavy atom. The Morgan fingerprint density at radius 2 is 2.05 bits per heavy atom. The van der Waals surface area contributed by atoms with Gasteiger partial charge in [0.25, 0.3) is 5.69 Å². The Bertz CT molecular complexity index is 679. The minimum atomic E-state index is -0.526. The average Bonchev–Trinajstić information content (AvgIpc) is 2.45. The monoisotopic (exact) mass is 354 g/mol. The standard InChI is InChI=1S/C14H12BrFN2O3/c15-11-3-2-10(12(16)6-11)7-17-13-5-9(8-19)1-4-14(13)18(20)21/h1-6,17,19H,7-8H2. The SMILES string of the molecule is O=[N+]([O-])c1ccc(CO)cc1NCc1ccc(Br)cc1F. The van der Waals surface area contributed by atoms with Crippen LogP contribution in [-0.4, -0.2) is 10.0 Å². The predicted octanol–water partition coefficient (Wildman–Crippen LogP) is 3.60. The van der Waals surface area contributed by atoms with Crippen LogP contribution < -0.4 is 5.32 Å². The summed E-state index contributed by atoms with van der Waals surface area (Å²) in [4.78, 5) is 10.4. The molecule has 7 heteroatoms. The van der Waals surface area contributed by atoms with Crippen molar-refractivity contribution in [2.75, 3.05) is 5.32 Å². The third-order valence-electron chi connectivity index (χ3n) is 2.92. The van der Waals surface area contributed by atoms with E-state index in [1.807, 2.05) is 0 Å². The molecule has 0 saturated heterocycles. The molecule has 0 amide bonds. The highest BCUT2D eigenvalue weighted by Crippen LogP contribution is 2.26. The van der Waals surface area contributed by atoms with E-state index in [1.165, 1.54) is 24.3 Å². The second kappa shape index (κ2) is 6.64. The number of nitro benzene ring substituents is 1. The number of halogens is 2. The van der Waals surface area contributed by atoms with Gasteiger partial charge in [-0.2, -0.15) is 0 Å². The number of hydrogen-bond donors (Lipinski definition) is 2. The van der Waals surface area contributed by atoms with Gasteiger partial charge in [-0.25, -0.2) is 4.39 Å². The molecule has 0 bridgehead atoms. The highest BCUT2D eigenvalue weighted by Gasteiger charge is 2.14. The maximum atomic E-state index is 13.7. The first-order valence-electron chi connectivity index (χ1n) is 6.07. The van der Waals surface area contributed by atoms with E-state index >= 15 is 0 Å². The molecule has 2 aromatic carbocycles. The van der Waals surface area contributed by atoms with Crippen LogP contribution in [0.1, 0.15) is 11.1 Å². The van der Waals surface area contributed by atoms with Crippen molar-refractivity contribution >= 4 is 27.3 Å².